The van der Waals surface area contributed by atoms with E-state index in [1.807, 2.05) is 24.3 Å². The number of likely N-dealkylation sites (tertiary alicyclic amines) is 1. The third-order valence-electron chi connectivity index (χ3n) is 5.08. The summed E-state index contributed by atoms with van der Waals surface area (Å²) < 4.78 is 0.661. The number of pyridine rings is 1. The number of benzene rings is 1. The first-order chi connectivity index (χ1) is 12.9. The van der Waals surface area contributed by atoms with E-state index in [2.05, 4.69) is 13.8 Å². The monoisotopic (exact) mass is 366 g/mol. The summed E-state index contributed by atoms with van der Waals surface area (Å²) >= 11 is 0. The fourth-order valence-corrected chi connectivity index (χ4v) is 3.59. The molecule has 142 valence electrons. The lowest BCUT2D eigenvalue weighted by Gasteiger charge is -2.31. The van der Waals surface area contributed by atoms with Gasteiger partial charge < -0.3 is 10.1 Å². The molecule has 1 amide bonds. The number of rotatable bonds is 5. The Bertz CT molecular complexity index is 789. The van der Waals surface area contributed by atoms with Crippen LogP contribution in [0.15, 0.2) is 48.8 Å². The average molecular weight is 366 g/mol. The molecule has 0 saturated carbocycles. The van der Waals surface area contributed by atoms with Gasteiger partial charge in [0.25, 0.3) is 5.91 Å². The second-order valence-electron chi connectivity index (χ2n) is 7.67. The first-order valence-corrected chi connectivity index (χ1v) is 9.55. The summed E-state index contributed by atoms with van der Waals surface area (Å²) in [6.45, 7) is 5.49. The first kappa shape index (κ1) is 19.1. The van der Waals surface area contributed by atoms with Crippen molar-refractivity contribution in [2.45, 2.75) is 33.1 Å². The molecule has 5 nitrogen and oxygen atoms in total. The molecule has 2 heterocycles. The number of hydrogen-bond donors (Lipinski definition) is 0. The van der Waals surface area contributed by atoms with Gasteiger partial charge in [-0.2, -0.15) is 4.73 Å². The third kappa shape index (κ3) is 4.73. The van der Waals surface area contributed by atoms with Gasteiger partial charge >= 0.3 is 0 Å². The Morgan fingerprint density at radius 2 is 1.63 bits per heavy atom. The number of amides is 1. The molecule has 2 aromatic rings. The van der Waals surface area contributed by atoms with Gasteiger partial charge in [0.2, 0.25) is 0 Å². The number of Topliss-reactive ketones (excluding diaryl/α,β-unsaturated/α-hetero) is 1. The van der Waals surface area contributed by atoms with E-state index < -0.39 is 0 Å². The van der Waals surface area contributed by atoms with Crippen LogP contribution in [0.2, 0.25) is 0 Å². The van der Waals surface area contributed by atoms with E-state index in [1.165, 1.54) is 30.1 Å². The Morgan fingerprint density at radius 3 is 2.19 bits per heavy atom. The minimum absolute atomic E-state index is 0.0374. The zero-order valence-corrected chi connectivity index (χ0v) is 15.9. The lowest BCUT2D eigenvalue weighted by atomic mass is 9.88. The number of nitrogens with zero attached hydrogens (tertiary/aromatic N) is 2. The molecule has 0 unspecified atom stereocenters. The molecule has 1 aliphatic rings. The predicted molar refractivity (Wildman–Crippen MR) is 103 cm³/mol. The van der Waals surface area contributed by atoms with Gasteiger partial charge in [-0.15, -0.1) is 0 Å². The molecule has 27 heavy (non-hydrogen) atoms. The number of ketones is 1. The predicted octanol–water partition coefficient (Wildman–Crippen LogP) is 3.25. The van der Waals surface area contributed by atoms with Crippen LogP contribution in [0.5, 0.6) is 0 Å². The Morgan fingerprint density at radius 1 is 1.04 bits per heavy atom. The summed E-state index contributed by atoms with van der Waals surface area (Å²) in [4.78, 5) is 27.1. The largest absolute Gasteiger partial charge is 0.619 e. The van der Waals surface area contributed by atoms with Gasteiger partial charge in [-0.25, -0.2) is 0 Å². The molecule has 0 bridgehead atoms. The van der Waals surface area contributed by atoms with Crippen LogP contribution in [0.25, 0.3) is 0 Å². The number of hydrogen-bond acceptors (Lipinski definition) is 3. The maximum Gasteiger partial charge on any atom is 0.254 e. The molecule has 0 atom stereocenters. The van der Waals surface area contributed by atoms with E-state index in [4.69, 9.17) is 0 Å². The maximum atomic E-state index is 12.8. The zero-order chi connectivity index (χ0) is 19.4. The van der Waals surface area contributed by atoms with Crippen molar-refractivity contribution in [1.29, 1.82) is 0 Å². The van der Waals surface area contributed by atoms with Crippen molar-refractivity contribution >= 4 is 11.7 Å². The van der Waals surface area contributed by atoms with Crippen LogP contribution in [0.4, 0.5) is 0 Å². The fourth-order valence-electron chi connectivity index (χ4n) is 3.59. The molecule has 1 aromatic heterocycles. The van der Waals surface area contributed by atoms with Crippen molar-refractivity contribution in [1.82, 2.24) is 4.90 Å². The standard InChI is InChI=1S/C22H26N2O3/c1-16(2)15-17-3-5-18(6-4-17)21(25)19-7-11-23(12-8-19)22(26)20-9-13-24(27)14-10-20/h3-6,9-10,13-14,16,19H,7-8,11-12,15H2,1-2H3. The molecular weight excluding hydrogens is 340 g/mol. The number of piperidine rings is 1. The van der Waals surface area contributed by atoms with E-state index in [9.17, 15) is 14.8 Å². The fraction of sp³-hybridized carbons (Fsp3) is 0.409. The van der Waals surface area contributed by atoms with Crippen LogP contribution in [0, 0.1) is 17.0 Å². The van der Waals surface area contributed by atoms with Crippen molar-refractivity contribution in [2.24, 2.45) is 11.8 Å². The second-order valence-corrected chi connectivity index (χ2v) is 7.67. The van der Waals surface area contributed by atoms with E-state index in [1.54, 1.807) is 4.90 Å². The van der Waals surface area contributed by atoms with Gasteiger partial charge in [0.05, 0.1) is 5.56 Å². The Balaban J connectivity index is 1.57. The van der Waals surface area contributed by atoms with Crippen molar-refractivity contribution in [3.63, 3.8) is 0 Å². The summed E-state index contributed by atoms with van der Waals surface area (Å²) in [7, 11) is 0. The average Bonchev–Trinajstić information content (AvgIpc) is 2.68. The second kappa shape index (κ2) is 8.33. The summed E-state index contributed by atoms with van der Waals surface area (Å²) in [6.07, 6.45) is 5.01. The molecule has 0 radical (unpaired) electrons. The van der Waals surface area contributed by atoms with Gasteiger partial charge in [-0.05, 0) is 30.7 Å². The van der Waals surface area contributed by atoms with Crippen LogP contribution in [0.1, 0.15) is 53.0 Å². The van der Waals surface area contributed by atoms with E-state index >= 15 is 0 Å². The normalized spacial score (nSPS) is 15.1. The summed E-state index contributed by atoms with van der Waals surface area (Å²) in [5.41, 5.74) is 2.52. The van der Waals surface area contributed by atoms with Gasteiger partial charge in [-0.3, -0.25) is 9.59 Å². The molecule has 1 saturated heterocycles. The summed E-state index contributed by atoms with van der Waals surface area (Å²) in [6, 6.07) is 11.0. The third-order valence-corrected chi connectivity index (χ3v) is 5.08. The van der Waals surface area contributed by atoms with Crippen LogP contribution >= 0.6 is 0 Å². The number of carbonyl (C=O) groups excluding carboxylic acids is 2. The van der Waals surface area contributed by atoms with Crippen LogP contribution in [-0.2, 0) is 6.42 Å². The van der Waals surface area contributed by atoms with Crippen LogP contribution in [-0.4, -0.2) is 29.7 Å². The van der Waals surface area contributed by atoms with Crippen molar-refractivity contribution in [3.8, 4) is 0 Å². The highest BCUT2D eigenvalue weighted by Gasteiger charge is 2.28. The van der Waals surface area contributed by atoms with E-state index in [0.29, 0.717) is 42.1 Å². The Kier molecular flexibility index (Phi) is 5.89. The first-order valence-electron chi connectivity index (χ1n) is 9.55. The van der Waals surface area contributed by atoms with E-state index in [-0.39, 0.29) is 17.6 Å². The Labute approximate surface area is 160 Å². The highest BCUT2D eigenvalue weighted by atomic mass is 16.5. The quantitative estimate of drug-likeness (QED) is 0.463. The molecule has 1 aromatic carbocycles. The molecule has 1 fully saturated rings. The van der Waals surface area contributed by atoms with Gasteiger partial charge in [0, 0.05) is 36.7 Å². The van der Waals surface area contributed by atoms with Crippen LogP contribution in [0.3, 0.4) is 0 Å². The molecule has 5 heteroatoms. The summed E-state index contributed by atoms with van der Waals surface area (Å²) in [5, 5.41) is 11.1. The topological polar surface area (TPSA) is 64.3 Å². The molecule has 0 aliphatic carbocycles. The van der Waals surface area contributed by atoms with Gasteiger partial charge in [-0.1, -0.05) is 38.1 Å². The van der Waals surface area contributed by atoms with Crippen LogP contribution < -0.4 is 4.73 Å². The molecule has 0 N–H and O–H groups in total. The minimum atomic E-state index is -0.0838. The molecule has 3 rings (SSSR count). The zero-order valence-electron chi connectivity index (χ0n) is 15.9. The summed E-state index contributed by atoms with van der Waals surface area (Å²) in [5.74, 6) is 0.645. The van der Waals surface area contributed by atoms with Gasteiger partial charge in [0.1, 0.15) is 0 Å². The van der Waals surface area contributed by atoms with Crippen molar-refractivity contribution < 1.29 is 14.3 Å². The lowest BCUT2D eigenvalue weighted by Crippen LogP contribution is -2.40. The lowest BCUT2D eigenvalue weighted by molar-refractivity contribution is -0.605. The van der Waals surface area contributed by atoms with Crippen molar-refractivity contribution in [3.05, 3.63) is 70.7 Å². The number of aromatic nitrogens is 1. The molecular formula is C22H26N2O3. The van der Waals surface area contributed by atoms with Gasteiger partial charge in [0.15, 0.2) is 18.2 Å². The van der Waals surface area contributed by atoms with Crippen molar-refractivity contribution in [2.75, 3.05) is 13.1 Å². The Hall–Kier alpha value is -2.69. The number of carbonyl (C=O) groups is 2. The van der Waals surface area contributed by atoms with E-state index in [0.717, 1.165) is 12.0 Å². The molecule has 0 spiro atoms. The SMILES string of the molecule is CC(C)Cc1ccc(C(=O)C2CCN(C(=O)c3cc[n+]([O-])cc3)CC2)cc1. The maximum absolute atomic E-state index is 12.8. The molecule has 1 aliphatic heterocycles. The minimum Gasteiger partial charge on any atom is -0.619 e. The smallest absolute Gasteiger partial charge is 0.254 e. The highest BCUT2D eigenvalue weighted by molar-refractivity contribution is 5.98. The highest BCUT2D eigenvalue weighted by Crippen LogP contribution is 2.23.